The molecule has 0 aliphatic rings. The van der Waals surface area contributed by atoms with Crippen LogP contribution in [0.25, 0.3) is 0 Å². The zero-order chi connectivity index (χ0) is 35.5. The van der Waals surface area contributed by atoms with Gasteiger partial charge in [-0.25, -0.2) is 0 Å². The summed E-state index contributed by atoms with van der Waals surface area (Å²) < 4.78 is 10.2. The summed E-state index contributed by atoms with van der Waals surface area (Å²) >= 11 is 7.99. The molecule has 0 bridgehead atoms. The Balaban J connectivity index is -0.000000200. The van der Waals surface area contributed by atoms with Gasteiger partial charge >= 0.3 is 11.9 Å². The SMILES string of the molecule is CC(C)CCCCCCCCCCOC(=O)CCS.CC(C)CCCCCCCCCCOC(=O)CCS.CCCC.CCCC.[Sn]. The number of esters is 2. The average Bonchev–Trinajstić information content (AvgIpc) is 3.03. The Bertz CT molecular complexity index is 510. The van der Waals surface area contributed by atoms with Gasteiger partial charge in [0.1, 0.15) is 0 Å². The van der Waals surface area contributed by atoms with E-state index in [4.69, 9.17) is 9.47 Å². The molecule has 0 unspecified atom stereocenters. The molecule has 0 fully saturated rings. The first kappa shape index (κ1) is 56.8. The molecule has 284 valence electrons. The van der Waals surface area contributed by atoms with E-state index in [2.05, 4.69) is 80.6 Å². The maximum Gasteiger partial charge on any atom is 0.306 e. The maximum atomic E-state index is 11.1. The van der Waals surface area contributed by atoms with Gasteiger partial charge in [0.05, 0.1) is 26.1 Å². The number of carbonyl (C=O) groups is 2. The van der Waals surface area contributed by atoms with Crippen molar-refractivity contribution in [2.75, 3.05) is 24.7 Å². The summed E-state index contributed by atoms with van der Waals surface area (Å²) in [6.07, 6.45) is 29.5. The molecule has 0 heterocycles. The van der Waals surface area contributed by atoms with Gasteiger partial charge in [-0.15, -0.1) is 0 Å². The molecule has 0 saturated carbocycles. The third kappa shape index (κ3) is 69.1. The van der Waals surface area contributed by atoms with Crippen LogP contribution in [0.1, 0.15) is 209 Å². The summed E-state index contributed by atoms with van der Waals surface area (Å²) in [5.41, 5.74) is 0. The molecule has 0 saturated heterocycles. The van der Waals surface area contributed by atoms with E-state index in [1.807, 2.05) is 0 Å². The first-order valence-electron chi connectivity index (χ1n) is 19.7. The van der Waals surface area contributed by atoms with Gasteiger partial charge in [-0.2, -0.15) is 25.3 Å². The molecule has 4 radical (unpaired) electrons. The Labute approximate surface area is 324 Å². The fraction of sp³-hybridized carbons (Fsp3) is 0.950. The predicted octanol–water partition coefficient (Wildman–Crippen LogP) is 13.3. The van der Waals surface area contributed by atoms with E-state index in [0.29, 0.717) is 37.6 Å². The summed E-state index contributed by atoms with van der Waals surface area (Å²) in [7, 11) is 0. The van der Waals surface area contributed by atoms with Crippen molar-refractivity contribution in [3.05, 3.63) is 0 Å². The number of rotatable bonds is 28. The van der Waals surface area contributed by atoms with Gasteiger partial charge in [0.2, 0.25) is 0 Å². The smallest absolute Gasteiger partial charge is 0.306 e. The van der Waals surface area contributed by atoms with E-state index >= 15 is 0 Å². The molecule has 0 spiro atoms. The maximum absolute atomic E-state index is 11.1. The molecule has 7 heteroatoms. The summed E-state index contributed by atoms with van der Waals surface area (Å²) in [6, 6.07) is 0. The third-order valence-electron chi connectivity index (χ3n) is 7.51. The molecule has 0 rings (SSSR count). The van der Waals surface area contributed by atoms with E-state index in [0.717, 1.165) is 24.7 Å². The third-order valence-corrected chi connectivity index (χ3v) is 7.96. The van der Waals surface area contributed by atoms with Gasteiger partial charge in [0, 0.05) is 35.4 Å². The first-order valence-corrected chi connectivity index (χ1v) is 21.0. The number of carbonyl (C=O) groups excluding carboxylic acids is 2. The average molecular weight is 812 g/mol. The number of thiol groups is 2. The molecule has 0 aromatic carbocycles. The number of unbranched alkanes of at least 4 members (excludes halogenated alkanes) is 16. The van der Waals surface area contributed by atoms with E-state index in [9.17, 15) is 9.59 Å². The molecule has 0 N–H and O–H groups in total. The minimum absolute atomic E-state index is 0. The fourth-order valence-corrected chi connectivity index (χ4v) is 4.49. The monoisotopic (exact) mass is 812 g/mol. The zero-order valence-electron chi connectivity index (χ0n) is 33.0. The van der Waals surface area contributed by atoms with Gasteiger partial charge in [0.25, 0.3) is 0 Å². The van der Waals surface area contributed by atoms with E-state index < -0.39 is 0 Å². The largest absolute Gasteiger partial charge is 0.466 e. The van der Waals surface area contributed by atoms with Crippen molar-refractivity contribution in [3.63, 3.8) is 0 Å². The van der Waals surface area contributed by atoms with Crippen LogP contribution in [-0.2, 0) is 19.1 Å². The molecule has 4 nitrogen and oxygen atoms in total. The molecular formula is C40H84O4S2Sn. The van der Waals surface area contributed by atoms with Crippen molar-refractivity contribution in [3.8, 4) is 0 Å². The summed E-state index contributed by atoms with van der Waals surface area (Å²) in [5.74, 6) is 2.64. The van der Waals surface area contributed by atoms with Crippen molar-refractivity contribution < 1.29 is 19.1 Å². The van der Waals surface area contributed by atoms with Gasteiger partial charge in [-0.05, 0) is 24.7 Å². The zero-order valence-corrected chi connectivity index (χ0v) is 37.6. The van der Waals surface area contributed by atoms with Crippen LogP contribution in [0.4, 0.5) is 0 Å². The number of ether oxygens (including phenoxy) is 2. The van der Waals surface area contributed by atoms with Crippen LogP contribution in [0.3, 0.4) is 0 Å². The fourth-order valence-electron chi connectivity index (χ4n) is 4.13. The molecule has 0 atom stereocenters. The molecule has 0 aliphatic heterocycles. The van der Waals surface area contributed by atoms with Crippen LogP contribution in [0.15, 0.2) is 0 Å². The summed E-state index contributed by atoms with van der Waals surface area (Å²) in [6.45, 7) is 19.1. The van der Waals surface area contributed by atoms with Crippen LogP contribution < -0.4 is 0 Å². The van der Waals surface area contributed by atoms with Crippen molar-refractivity contribution in [1.29, 1.82) is 0 Å². The number of hydrogen-bond donors (Lipinski definition) is 2. The molecule has 47 heavy (non-hydrogen) atoms. The normalized spacial score (nSPS) is 10.1. The van der Waals surface area contributed by atoms with E-state index in [-0.39, 0.29) is 35.8 Å². The van der Waals surface area contributed by atoms with Crippen molar-refractivity contribution in [2.24, 2.45) is 11.8 Å². The van der Waals surface area contributed by atoms with Crippen molar-refractivity contribution >= 4 is 61.1 Å². The predicted molar refractivity (Wildman–Crippen MR) is 219 cm³/mol. The second-order valence-electron chi connectivity index (χ2n) is 13.4. The molecule has 0 aliphatic carbocycles. The molecular weight excluding hydrogens is 727 g/mol. The molecule has 0 aromatic heterocycles. The van der Waals surface area contributed by atoms with Crippen LogP contribution in [0.5, 0.6) is 0 Å². The molecule has 0 aromatic rings. The van der Waals surface area contributed by atoms with Gasteiger partial charge in [-0.3, -0.25) is 9.59 Å². The van der Waals surface area contributed by atoms with Crippen LogP contribution in [-0.4, -0.2) is 60.6 Å². The van der Waals surface area contributed by atoms with E-state index in [1.165, 1.54) is 128 Å². The van der Waals surface area contributed by atoms with Crippen LogP contribution in [0.2, 0.25) is 0 Å². The first-order chi connectivity index (χ1) is 22.2. The van der Waals surface area contributed by atoms with Crippen LogP contribution >= 0.6 is 25.3 Å². The number of hydrogen-bond acceptors (Lipinski definition) is 6. The Morgan fingerprint density at radius 1 is 0.447 bits per heavy atom. The van der Waals surface area contributed by atoms with Crippen LogP contribution in [0, 0.1) is 11.8 Å². The van der Waals surface area contributed by atoms with Crippen molar-refractivity contribution in [2.45, 2.75) is 209 Å². The minimum Gasteiger partial charge on any atom is -0.466 e. The van der Waals surface area contributed by atoms with E-state index in [1.54, 1.807) is 0 Å². The Morgan fingerprint density at radius 3 is 0.894 bits per heavy atom. The summed E-state index contributed by atoms with van der Waals surface area (Å²) in [5, 5.41) is 0. The Morgan fingerprint density at radius 2 is 0.681 bits per heavy atom. The quantitative estimate of drug-likeness (QED) is 0.0358. The Hall–Kier alpha value is 0.439. The Kier molecular flexibility index (Phi) is 64.3. The van der Waals surface area contributed by atoms with Gasteiger partial charge < -0.3 is 9.47 Å². The van der Waals surface area contributed by atoms with Gasteiger partial charge in [-0.1, -0.05) is 184 Å². The summed E-state index contributed by atoms with van der Waals surface area (Å²) in [4.78, 5) is 22.1. The van der Waals surface area contributed by atoms with Gasteiger partial charge in [0.15, 0.2) is 0 Å². The topological polar surface area (TPSA) is 52.6 Å². The van der Waals surface area contributed by atoms with Crippen molar-refractivity contribution in [1.82, 2.24) is 0 Å². The minimum atomic E-state index is -0.111. The second-order valence-corrected chi connectivity index (χ2v) is 14.3. The second kappa shape index (κ2) is 53.2. The standard InChI is InChI=1S/2C16H32O2S.2C4H10.Sn/c2*1-15(2)11-9-7-5-3-4-6-8-10-13-18-16(17)12-14-19;2*1-3-4-2;/h2*15,19H,3-14H2,1-2H3;2*3-4H2,1-2H3;. The molecule has 0 amide bonds.